The molecule has 0 fully saturated rings. The fourth-order valence-electron chi connectivity index (χ4n) is 3.11. The van der Waals surface area contributed by atoms with Gasteiger partial charge in [-0.2, -0.15) is 5.10 Å². The molecule has 0 spiro atoms. The van der Waals surface area contributed by atoms with Crippen LogP contribution in [0.25, 0.3) is 11.5 Å². The van der Waals surface area contributed by atoms with Crippen molar-refractivity contribution < 1.29 is 18.7 Å². The zero-order chi connectivity index (χ0) is 21.1. The zero-order valence-electron chi connectivity index (χ0n) is 16.4. The van der Waals surface area contributed by atoms with Gasteiger partial charge in [0.1, 0.15) is 11.4 Å². The number of methoxy groups -OCH3 is 2. The van der Waals surface area contributed by atoms with Crippen LogP contribution >= 0.6 is 0 Å². The molecule has 4 rings (SSSR count). The molecule has 1 N–H and O–H groups in total. The predicted octanol–water partition coefficient (Wildman–Crippen LogP) is 4.07. The number of nitrogens with zero attached hydrogens (tertiary/aromatic N) is 3. The molecule has 0 atom stereocenters. The van der Waals surface area contributed by atoms with E-state index in [0.717, 1.165) is 0 Å². The summed E-state index contributed by atoms with van der Waals surface area (Å²) in [6, 6.07) is 14.7. The monoisotopic (exact) mass is 406 g/mol. The van der Waals surface area contributed by atoms with Gasteiger partial charge < -0.3 is 19.4 Å². The van der Waals surface area contributed by atoms with Crippen LogP contribution in [-0.4, -0.2) is 34.5 Å². The van der Waals surface area contributed by atoms with Crippen molar-refractivity contribution in [3.63, 3.8) is 0 Å². The lowest BCUT2D eigenvalue weighted by molar-refractivity contribution is 0.102. The molecule has 0 saturated carbocycles. The van der Waals surface area contributed by atoms with Gasteiger partial charge >= 0.3 is 0 Å². The number of carbonyl (C=O) groups is 1. The Kier molecular flexibility index (Phi) is 5.21. The average Bonchev–Trinajstić information content (AvgIpc) is 3.43. The second-order valence-electron chi connectivity index (χ2n) is 6.38. The molecule has 8 heteroatoms. The van der Waals surface area contributed by atoms with Gasteiger partial charge in [0, 0.05) is 24.1 Å². The van der Waals surface area contributed by atoms with Gasteiger partial charge in [-0.3, -0.25) is 4.79 Å². The van der Waals surface area contributed by atoms with E-state index in [1.807, 2.05) is 24.5 Å². The summed E-state index contributed by atoms with van der Waals surface area (Å²) >= 11 is 0. The topological polar surface area (TPSA) is 70.3 Å². The molecule has 0 unspecified atom stereocenters. The minimum absolute atomic E-state index is 0.347. The first-order valence-corrected chi connectivity index (χ1v) is 9.11. The standard InChI is InChI=1S/C22H19FN4O3/c1-29-19-10-7-16(13-20(19)30-2)25-21(28)18-14-24-27(17-8-5-15(23)6-9-17)22(18)26-11-3-4-12-26/h3-14H,1-2H3,(H,25,28). The Morgan fingerprint density at radius 3 is 2.37 bits per heavy atom. The lowest BCUT2D eigenvalue weighted by Gasteiger charge is -2.12. The van der Waals surface area contributed by atoms with Gasteiger partial charge in [0.05, 0.1) is 26.1 Å². The number of amides is 1. The third-order valence-electron chi connectivity index (χ3n) is 4.55. The summed E-state index contributed by atoms with van der Waals surface area (Å²) < 4.78 is 27.2. The van der Waals surface area contributed by atoms with Crippen LogP contribution in [-0.2, 0) is 0 Å². The maximum Gasteiger partial charge on any atom is 0.261 e. The molecule has 4 aromatic rings. The Morgan fingerprint density at radius 2 is 1.70 bits per heavy atom. The maximum atomic E-state index is 13.3. The number of nitrogens with one attached hydrogen (secondary N) is 1. The second kappa shape index (κ2) is 8.12. The molecular weight excluding hydrogens is 387 g/mol. The van der Waals surface area contributed by atoms with Crippen LogP contribution in [0.3, 0.4) is 0 Å². The van der Waals surface area contributed by atoms with Crippen molar-refractivity contribution in [3.05, 3.63) is 84.6 Å². The Labute approximate surface area is 172 Å². The van der Waals surface area contributed by atoms with E-state index in [0.29, 0.717) is 34.3 Å². The first kappa shape index (κ1) is 19.3. The molecule has 7 nitrogen and oxygen atoms in total. The Balaban J connectivity index is 1.72. The van der Waals surface area contributed by atoms with E-state index in [4.69, 9.17) is 9.47 Å². The summed E-state index contributed by atoms with van der Waals surface area (Å²) in [5.74, 6) is 0.902. The van der Waals surface area contributed by atoms with Crippen LogP contribution < -0.4 is 14.8 Å². The minimum atomic E-state index is -0.348. The summed E-state index contributed by atoms with van der Waals surface area (Å²) in [5, 5.41) is 7.22. The number of halogens is 1. The zero-order valence-corrected chi connectivity index (χ0v) is 16.4. The van der Waals surface area contributed by atoms with Crippen molar-refractivity contribution in [1.29, 1.82) is 0 Å². The van der Waals surface area contributed by atoms with Gasteiger partial charge in [-0.1, -0.05) is 0 Å². The lowest BCUT2D eigenvalue weighted by Crippen LogP contribution is -2.15. The lowest BCUT2D eigenvalue weighted by atomic mass is 10.2. The smallest absolute Gasteiger partial charge is 0.261 e. The maximum absolute atomic E-state index is 13.3. The summed E-state index contributed by atoms with van der Waals surface area (Å²) in [7, 11) is 3.07. The van der Waals surface area contributed by atoms with Gasteiger partial charge in [0.15, 0.2) is 17.3 Å². The Hall–Kier alpha value is -4.07. The molecule has 0 radical (unpaired) electrons. The van der Waals surface area contributed by atoms with Crippen LogP contribution in [0.2, 0.25) is 0 Å². The Morgan fingerprint density at radius 1 is 1.00 bits per heavy atom. The van der Waals surface area contributed by atoms with Crippen LogP contribution in [0.4, 0.5) is 10.1 Å². The number of hydrogen-bond acceptors (Lipinski definition) is 4. The molecule has 0 bridgehead atoms. The molecule has 2 heterocycles. The van der Waals surface area contributed by atoms with Crippen molar-refractivity contribution in [2.45, 2.75) is 0 Å². The van der Waals surface area contributed by atoms with Crippen molar-refractivity contribution in [1.82, 2.24) is 14.3 Å². The number of aromatic nitrogens is 3. The Bertz CT molecular complexity index is 1170. The first-order valence-electron chi connectivity index (χ1n) is 9.11. The number of carbonyl (C=O) groups excluding carboxylic acids is 1. The largest absolute Gasteiger partial charge is 0.493 e. The quantitative estimate of drug-likeness (QED) is 0.524. The van der Waals surface area contributed by atoms with E-state index in [1.165, 1.54) is 25.4 Å². The van der Waals surface area contributed by atoms with Gasteiger partial charge in [-0.25, -0.2) is 9.07 Å². The van der Waals surface area contributed by atoms with E-state index in [2.05, 4.69) is 10.4 Å². The van der Waals surface area contributed by atoms with E-state index in [9.17, 15) is 9.18 Å². The number of ether oxygens (including phenoxy) is 2. The van der Waals surface area contributed by atoms with Gasteiger partial charge in [-0.15, -0.1) is 0 Å². The molecule has 0 aliphatic carbocycles. The predicted molar refractivity (Wildman–Crippen MR) is 110 cm³/mol. The van der Waals surface area contributed by atoms with Crippen LogP contribution in [0.15, 0.2) is 73.2 Å². The van der Waals surface area contributed by atoms with Crippen molar-refractivity contribution in [2.24, 2.45) is 0 Å². The highest BCUT2D eigenvalue weighted by atomic mass is 19.1. The second-order valence-corrected chi connectivity index (χ2v) is 6.38. The molecule has 0 aliphatic heterocycles. The molecule has 2 aromatic carbocycles. The van der Waals surface area contributed by atoms with E-state index in [-0.39, 0.29) is 11.7 Å². The van der Waals surface area contributed by atoms with Gasteiger partial charge in [0.25, 0.3) is 5.91 Å². The van der Waals surface area contributed by atoms with Crippen molar-refractivity contribution >= 4 is 11.6 Å². The number of benzene rings is 2. The molecular formula is C22H19FN4O3. The molecule has 2 aromatic heterocycles. The number of anilines is 1. The first-order chi connectivity index (χ1) is 14.6. The fraction of sp³-hybridized carbons (Fsp3) is 0.0909. The number of hydrogen-bond donors (Lipinski definition) is 1. The highest BCUT2D eigenvalue weighted by Gasteiger charge is 2.20. The molecule has 30 heavy (non-hydrogen) atoms. The summed E-state index contributed by atoms with van der Waals surface area (Å²) in [5.41, 5.74) is 1.53. The summed E-state index contributed by atoms with van der Waals surface area (Å²) in [6.07, 6.45) is 5.10. The highest BCUT2D eigenvalue weighted by molar-refractivity contribution is 6.06. The van der Waals surface area contributed by atoms with Gasteiger partial charge in [0.2, 0.25) is 0 Å². The van der Waals surface area contributed by atoms with Gasteiger partial charge in [-0.05, 0) is 48.5 Å². The van der Waals surface area contributed by atoms with Crippen LogP contribution in [0.5, 0.6) is 11.5 Å². The number of rotatable bonds is 6. The molecule has 0 saturated heterocycles. The third-order valence-corrected chi connectivity index (χ3v) is 4.55. The van der Waals surface area contributed by atoms with Crippen LogP contribution in [0, 0.1) is 5.82 Å². The van der Waals surface area contributed by atoms with Crippen molar-refractivity contribution in [3.8, 4) is 23.0 Å². The third kappa shape index (κ3) is 3.62. The van der Waals surface area contributed by atoms with E-state index >= 15 is 0 Å². The van der Waals surface area contributed by atoms with Crippen molar-refractivity contribution in [2.75, 3.05) is 19.5 Å². The molecule has 152 valence electrons. The summed E-state index contributed by atoms with van der Waals surface area (Å²) in [4.78, 5) is 13.1. The summed E-state index contributed by atoms with van der Waals surface area (Å²) in [6.45, 7) is 0. The van der Waals surface area contributed by atoms with Crippen LogP contribution in [0.1, 0.15) is 10.4 Å². The SMILES string of the molecule is COc1ccc(NC(=O)c2cnn(-c3ccc(F)cc3)c2-n2cccc2)cc1OC. The fourth-order valence-corrected chi connectivity index (χ4v) is 3.11. The highest BCUT2D eigenvalue weighted by Crippen LogP contribution is 2.30. The minimum Gasteiger partial charge on any atom is -0.493 e. The van der Waals surface area contributed by atoms with E-state index < -0.39 is 0 Å². The van der Waals surface area contributed by atoms with E-state index in [1.54, 1.807) is 46.7 Å². The molecule has 1 amide bonds. The normalized spacial score (nSPS) is 10.6. The average molecular weight is 406 g/mol. The molecule has 0 aliphatic rings.